The fourth-order valence-corrected chi connectivity index (χ4v) is 7.31. The molecule has 42 heavy (non-hydrogen) atoms. The highest BCUT2D eigenvalue weighted by molar-refractivity contribution is 7.98. The second-order valence-electron chi connectivity index (χ2n) is 9.77. The smallest absolute Gasteiger partial charge is 0.192 e. The molecular weight excluding hydrogens is 561 g/mol. The molecule has 0 fully saturated rings. The standard InChI is InChI=1S/C34H28N4O2S2/c1-2-21-38-33(30-22-32(25-13-5-3-6-14-25)35-31-20-12-11-19-29(30)31)36-37-34(38)41-23-26-15-9-10-16-27(26)24-42(39,40)28-17-7-4-8-18-28/h2-20,22H,1,21,23-24H2. The minimum absolute atomic E-state index is 0.0659. The minimum Gasteiger partial charge on any atom is -0.298 e. The number of allylic oxidation sites excluding steroid dienone is 1. The first-order valence-corrected chi connectivity index (χ1v) is 16.1. The summed E-state index contributed by atoms with van der Waals surface area (Å²) in [5.74, 6) is 1.21. The third-order valence-electron chi connectivity index (χ3n) is 6.98. The zero-order valence-corrected chi connectivity index (χ0v) is 24.4. The maximum Gasteiger partial charge on any atom is 0.192 e. The van der Waals surface area contributed by atoms with Crippen LogP contribution in [-0.2, 0) is 27.9 Å². The molecule has 2 aromatic heterocycles. The molecule has 4 aromatic carbocycles. The molecule has 0 aliphatic carbocycles. The lowest BCUT2D eigenvalue weighted by atomic mass is 10.0. The van der Waals surface area contributed by atoms with Crippen LogP contribution in [0.4, 0.5) is 0 Å². The molecule has 8 heteroatoms. The molecule has 208 valence electrons. The van der Waals surface area contributed by atoms with Crippen LogP contribution in [0, 0.1) is 0 Å². The van der Waals surface area contributed by atoms with Crippen molar-refractivity contribution in [2.75, 3.05) is 0 Å². The van der Waals surface area contributed by atoms with E-state index in [9.17, 15) is 8.42 Å². The Morgan fingerprint density at radius 3 is 2.21 bits per heavy atom. The van der Waals surface area contributed by atoms with Crippen molar-refractivity contribution in [3.05, 3.63) is 139 Å². The van der Waals surface area contributed by atoms with Gasteiger partial charge in [-0.2, -0.15) is 0 Å². The van der Waals surface area contributed by atoms with Gasteiger partial charge in [-0.15, -0.1) is 16.8 Å². The molecule has 0 saturated heterocycles. The quantitative estimate of drug-likeness (QED) is 0.121. The van der Waals surface area contributed by atoms with Crippen molar-refractivity contribution in [1.82, 2.24) is 19.7 Å². The molecule has 0 aliphatic rings. The van der Waals surface area contributed by atoms with Crippen LogP contribution in [-0.4, -0.2) is 28.2 Å². The average molecular weight is 589 g/mol. The van der Waals surface area contributed by atoms with Crippen molar-refractivity contribution in [3.63, 3.8) is 0 Å². The Labute approximate surface area is 249 Å². The predicted octanol–water partition coefficient (Wildman–Crippen LogP) is 7.61. The number of sulfone groups is 1. The van der Waals surface area contributed by atoms with Crippen LogP contribution in [0.25, 0.3) is 33.5 Å². The van der Waals surface area contributed by atoms with E-state index in [-0.39, 0.29) is 5.75 Å². The maximum atomic E-state index is 13.1. The second kappa shape index (κ2) is 12.1. The number of pyridine rings is 1. The number of hydrogen-bond donors (Lipinski definition) is 0. The number of nitrogens with zero attached hydrogens (tertiary/aromatic N) is 4. The first-order valence-electron chi connectivity index (χ1n) is 13.5. The Kier molecular flexibility index (Phi) is 7.99. The van der Waals surface area contributed by atoms with Crippen molar-refractivity contribution in [2.24, 2.45) is 0 Å². The number of para-hydroxylation sites is 1. The Balaban J connectivity index is 1.34. The van der Waals surface area contributed by atoms with Crippen LogP contribution in [0.5, 0.6) is 0 Å². The summed E-state index contributed by atoms with van der Waals surface area (Å²) >= 11 is 1.53. The fraction of sp³-hybridized carbons (Fsp3) is 0.0882. The van der Waals surface area contributed by atoms with Crippen LogP contribution in [0.2, 0.25) is 0 Å². The first-order chi connectivity index (χ1) is 20.5. The number of fused-ring (bicyclic) bond motifs is 1. The van der Waals surface area contributed by atoms with E-state index in [0.29, 0.717) is 17.2 Å². The van der Waals surface area contributed by atoms with E-state index < -0.39 is 9.84 Å². The van der Waals surface area contributed by atoms with E-state index in [1.54, 1.807) is 24.3 Å². The van der Waals surface area contributed by atoms with E-state index in [1.165, 1.54) is 11.8 Å². The molecule has 2 heterocycles. The number of rotatable bonds is 10. The molecule has 6 rings (SSSR count). The van der Waals surface area contributed by atoms with Crippen LogP contribution in [0.15, 0.2) is 138 Å². The van der Waals surface area contributed by atoms with Gasteiger partial charge in [0.15, 0.2) is 20.8 Å². The van der Waals surface area contributed by atoms with Gasteiger partial charge in [0.1, 0.15) is 0 Å². The fourth-order valence-electron chi connectivity index (χ4n) is 4.90. The third-order valence-corrected chi connectivity index (χ3v) is 9.68. The molecule has 0 saturated carbocycles. The molecule has 0 aliphatic heterocycles. The Morgan fingerprint density at radius 2 is 1.45 bits per heavy atom. The summed E-state index contributed by atoms with van der Waals surface area (Å²) < 4.78 is 28.3. The summed E-state index contributed by atoms with van der Waals surface area (Å²) in [6.45, 7) is 4.50. The van der Waals surface area contributed by atoms with E-state index in [4.69, 9.17) is 4.98 Å². The molecule has 0 bridgehead atoms. The van der Waals surface area contributed by atoms with E-state index in [2.05, 4.69) is 33.5 Å². The highest BCUT2D eigenvalue weighted by Gasteiger charge is 2.20. The van der Waals surface area contributed by atoms with Crippen molar-refractivity contribution in [3.8, 4) is 22.6 Å². The number of aromatic nitrogens is 4. The number of benzene rings is 4. The SMILES string of the molecule is C=CCn1c(SCc2ccccc2CS(=O)(=O)c2ccccc2)nnc1-c1cc(-c2ccccc2)nc2ccccc12. The van der Waals surface area contributed by atoms with Crippen molar-refractivity contribution < 1.29 is 8.42 Å². The highest BCUT2D eigenvalue weighted by Crippen LogP contribution is 2.34. The Morgan fingerprint density at radius 1 is 0.786 bits per heavy atom. The summed E-state index contributed by atoms with van der Waals surface area (Å²) in [5, 5.41) is 10.9. The Hall–Kier alpha value is -4.53. The second-order valence-corrected chi connectivity index (χ2v) is 12.7. The van der Waals surface area contributed by atoms with Crippen LogP contribution >= 0.6 is 11.8 Å². The first kappa shape index (κ1) is 27.6. The molecule has 0 atom stereocenters. The Bertz CT molecular complexity index is 1970. The van der Waals surface area contributed by atoms with Gasteiger partial charge in [0, 0.05) is 28.8 Å². The lowest BCUT2D eigenvalue weighted by Gasteiger charge is -2.13. The monoisotopic (exact) mass is 588 g/mol. The van der Waals surface area contributed by atoms with Gasteiger partial charge in [0.25, 0.3) is 0 Å². The maximum absolute atomic E-state index is 13.1. The molecule has 0 unspecified atom stereocenters. The van der Waals surface area contributed by atoms with Gasteiger partial charge in [-0.25, -0.2) is 13.4 Å². The predicted molar refractivity (Wildman–Crippen MR) is 170 cm³/mol. The lowest BCUT2D eigenvalue weighted by molar-refractivity contribution is 0.595. The van der Waals surface area contributed by atoms with Crippen LogP contribution < -0.4 is 0 Å². The number of hydrogen-bond acceptors (Lipinski definition) is 6. The highest BCUT2D eigenvalue weighted by atomic mass is 32.2. The molecule has 0 radical (unpaired) electrons. The number of thioether (sulfide) groups is 1. The molecule has 0 spiro atoms. The van der Waals surface area contributed by atoms with Gasteiger partial charge in [-0.1, -0.05) is 109 Å². The van der Waals surface area contributed by atoms with Gasteiger partial charge >= 0.3 is 0 Å². The average Bonchev–Trinajstić information content (AvgIpc) is 3.43. The summed E-state index contributed by atoms with van der Waals surface area (Å²) in [4.78, 5) is 5.24. The molecule has 0 N–H and O–H groups in total. The lowest BCUT2D eigenvalue weighted by Crippen LogP contribution is -2.07. The van der Waals surface area contributed by atoms with Crippen molar-refractivity contribution in [1.29, 1.82) is 0 Å². The van der Waals surface area contributed by atoms with Crippen LogP contribution in [0.1, 0.15) is 11.1 Å². The van der Waals surface area contributed by atoms with Crippen molar-refractivity contribution >= 4 is 32.5 Å². The molecule has 6 aromatic rings. The van der Waals surface area contributed by atoms with Crippen molar-refractivity contribution in [2.45, 2.75) is 28.1 Å². The van der Waals surface area contributed by atoms with Gasteiger partial charge in [0.05, 0.1) is 21.9 Å². The van der Waals surface area contributed by atoms with Gasteiger partial charge in [-0.05, 0) is 35.4 Å². The largest absolute Gasteiger partial charge is 0.298 e. The topological polar surface area (TPSA) is 77.7 Å². The summed E-state index contributed by atoms with van der Waals surface area (Å²) in [7, 11) is -3.48. The zero-order valence-electron chi connectivity index (χ0n) is 22.8. The molecule has 6 nitrogen and oxygen atoms in total. The van der Waals surface area contributed by atoms with Gasteiger partial charge in [-0.3, -0.25) is 4.57 Å². The van der Waals surface area contributed by atoms with Gasteiger partial charge in [0.2, 0.25) is 0 Å². The van der Waals surface area contributed by atoms with Crippen LogP contribution in [0.3, 0.4) is 0 Å². The van der Waals surface area contributed by atoms with Gasteiger partial charge < -0.3 is 0 Å². The summed E-state index contributed by atoms with van der Waals surface area (Å²) in [6, 6.07) is 36.4. The minimum atomic E-state index is -3.48. The van der Waals surface area contributed by atoms with E-state index >= 15 is 0 Å². The normalized spacial score (nSPS) is 11.5. The summed E-state index contributed by atoms with van der Waals surface area (Å²) in [6.07, 6.45) is 1.83. The van der Waals surface area contributed by atoms with E-state index in [1.807, 2.05) is 84.9 Å². The van der Waals surface area contributed by atoms with E-state index in [0.717, 1.165) is 49.8 Å². The third kappa shape index (κ3) is 5.77. The zero-order chi connectivity index (χ0) is 28.9. The molecular formula is C34H28N4O2S2. The molecule has 0 amide bonds. The summed E-state index contributed by atoms with van der Waals surface area (Å²) in [5.41, 5.74) is 5.42.